The van der Waals surface area contributed by atoms with Gasteiger partial charge < -0.3 is 10.1 Å². The highest BCUT2D eigenvalue weighted by molar-refractivity contribution is 7.99. The molecule has 0 spiro atoms. The van der Waals surface area contributed by atoms with Crippen molar-refractivity contribution < 1.29 is 9.53 Å². The molecule has 0 aromatic heterocycles. The maximum Gasteiger partial charge on any atom is 0.262 e. The summed E-state index contributed by atoms with van der Waals surface area (Å²) >= 11 is 1.71. The smallest absolute Gasteiger partial charge is 0.262 e. The van der Waals surface area contributed by atoms with Gasteiger partial charge in [-0.25, -0.2) is 0 Å². The first-order valence-corrected chi connectivity index (χ1v) is 9.24. The number of carbonyl (C=O) groups excluding carboxylic acids is 1. The molecule has 2 aromatic carbocycles. The van der Waals surface area contributed by atoms with Crippen molar-refractivity contribution in [2.24, 2.45) is 0 Å². The van der Waals surface area contributed by atoms with E-state index in [-0.39, 0.29) is 12.5 Å². The number of hydrogen-bond acceptors (Lipinski definition) is 3. The molecule has 24 heavy (non-hydrogen) atoms. The van der Waals surface area contributed by atoms with Crippen LogP contribution in [0.5, 0.6) is 5.75 Å². The van der Waals surface area contributed by atoms with Crippen LogP contribution >= 0.6 is 11.8 Å². The van der Waals surface area contributed by atoms with E-state index in [0.717, 1.165) is 33.2 Å². The summed E-state index contributed by atoms with van der Waals surface area (Å²) in [5.41, 5.74) is 3.08. The number of aryl methyl sites for hydroxylation is 1. The second-order valence-electron chi connectivity index (χ2n) is 5.96. The van der Waals surface area contributed by atoms with E-state index in [1.807, 2.05) is 37.3 Å². The predicted octanol–water partition coefficient (Wildman–Crippen LogP) is 5.25. The highest BCUT2D eigenvalue weighted by Gasteiger charge is 2.11. The molecule has 0 bridgehead atoms. The number of ether oxygens (including phenoxy) is 1. The third-order valence-electron chi connectivity index (χ3n) is 3.61. The fourth-order valence-electron chi connectivity index (χ4n) is 2.42. The Morgan fingerprint density at radius 2 is 1.96 bits per heavy atom. The van der Waals surface area contributed by atoms with Gasteiger partial charge in [0.25, 0.3) is 5.91 Å². The first-order chi connectivity index (χ1) is 11.5. The molecule has 0 unspecified atom stereocenters. The van der Waals surface area contributed by atoms with Crippen LogP contribution in [0.25, 0.3) is 0 Å². The van der Waals surface area contributed by atoms with Gasteiger partial charge in [0.1, 0.15) is 5.75 Å². The van der Waals surface area contributed by atoms with E-state index in [1.165, 1.54) is 0 Å². The van der Waals surface area contributed by atoms with Gasteiger partial charge in [-0.05, 0) is 47.9 Å². The second-order valence-corrected chi connectivity index (χ2v) is 7.27. The Bertz CT molecular complexity index is 698. The molecule has 0 aliphatic rings. The lowest BCUT2D eigenvalue weighted by Crippen LogP contribution is -2.21. The minimum atomic E-state index is -0.143. The van der Waals surface area contributed by atoms with Gasteiger partial charge in [0.05, 0.1) is 5.69 Å². The van der Waals surface area contributed by atoms with Crippen LogP contribution in [-0.4, -0.2) is 18.3 Å². The Hall–Kier alpha value is -1.94. The zero-order valence-electron chi connectivity index (χ0n) is 14.8. The van der Waals surface area contributed by atoms with Gasteiger partial charge in [0, 0.05) is 4.90 Å². The van der Waals surface area contributed by atoms with Gasteiger partial charge in [0.2, 0.25) is 0 Å². The molecule has 3 nitrogen and oxygen atoms in total. The normalized spacial score (nSPS) is 10.7. The van der Waals surface area contributed by atoms with E-state index >= 15 is 0 Å². The molecule has 0 heterocycles. The Kier molecular flexibility index (Phi) is 6.73. The summed E-state index contributed by atoms with van der Waals surface area (Å²) in [6.07, 6.45) is 0. The van der Waals surface area contributed by atoms with Gasteiger partial charge in [0.15, 0.2) is 6.61 Å². The van der Waals surface area contributed by atoms with Gasteiger partial charge >= 0.3 is 0 Å². The molecule has 0 saturated carbocycles. The lowest BCUT2D eigenvalue weighted by molar-refractivity contribution is -0.118. The molecule has 0 saturated heterocycles. The lowest BCUT2D eigenvalue weighted by atomic mass is 10.0. The van der Waals surface area contributed by atoms with Crippen molar-refractivity contribution in [3.63, 3.8) is 0 Å². The number of anilines is 1. The highest BCUT2D eigenvalue weighted by atomic mass is 32.2. The van der Waals surface area contributed by atoms with Crippen LogP contribution in [0, 0.1) is 6.92 Å². The van der Waals surface area contributed by atoms with Crippen molar-refractivity contribution in [3.8, 4) is 5.75 Å². The number of hydrogen-bond donors (Lipinski definition) is 1. The standard InChI is InChI=1S/C20H25NO2S/c1-5-24-19-9-7-6-8-17(19)21-20(22)13-23-18-12-15(4)10-11-16(18)14(2)3/h6-12,14H,5,13H2,1-4H3,(H,21,22). The van der Waals surface area contributed by atoms with Crippen LogP contribution in [0.4, 0.5) is 5.69 Å². The maximum atomic E-state index is 12.3. The summed E-state index contributed by atoms with van der Waals surface area (Å²) in [4.78, 5) is 13.3. The third-order valence-corrected chi connectivity index (χ3v) is 4.57. The summed E-state index contributed by atoms with van der Waals surface area (Å²) in [6.45, 7) is 8.37. The monoisotopic (exact) mass is 343 g/mol. The fraction of sp³-hybridized carbons (Fsp3) is 0.350. The largest absolute Gasteiger partial charge is 0.483 e. The lowest BCUT2D eigenvalue weighted by Gasteiger charge is -2.15. The van der Waals surface area contributed by atoms with Crippen LogP contribution < -0.4 is 10.1 Å². The van der Waals surface area contributed by atoms with Crippen LogP contribution in [-0.2, 0) is 4.79 Å². The average molecular weight is 343 g/mol. The number of nitrogens with one attached hydrogen (secondary N) is 1. The maximum absolute atomic E-state index is 12.3. The van der Waals surface area contributed by atoms with E-state index in [4.69, 9.17) is 4.74 Å². The molecule has 0 atom stereocenters. The first kappa shape index (κ1) is 18.4. The van der Waals surface area contributed by atoms with E-state index in [0.29, 0.717) is 5.92 Å². The van der Waals surface area contributed by atoms with Crippen molar-refractivity contribution in [3.05, 3.63) is 53.6 Å². The van der Waals surface area contributed by atoms with Crippen LogP contribution in [0.2, 0.25) is 0 Å². The van der Waals surface area contributed by atoms with E-state index in [2.05, 4.69) is 38.2 Å². The molecule has 4 heteroatoms. The van der Waals surface area contributed by atoms with Crippen molar-refractivity contribution in [1.29, 1.82) is 0 Å². The summed E-state index contributed by atoms with van der Waals surface area (Å²) in [7, 11) is 0. The Morgan fingerprint density at radius 1 is 1.21 bits per heavy atom. The van der Waals surface area contributed by atoms with Gasteiger partial charge in [-0.3, -0.25) is 4.79 Å². The van der Waals surface area contributed by atoms with Crippen LogP contribution in [0.3, 0.4) is 0 Å². The molecule has 0 radical (unpaired) electrons. The van der Waals surface area contributed by atoms with E-state index in [9.17, 15) is 4.79 Å². The van der Waals surface area contributed by atoms with Crippen molar-refractivity contribution in [1.82, 2.24) is 0 Å². The number of thioether (sulfide) groups is 1. The SMILES string of the molecule is CCSc1ccccc1NC(=O)COc1cc(C)ccc1C(C)C. The van der Waals surface area contributed by atoms with Gasteiger partial charge in [-0.15, -0.1) is 11.8 Å². The molecule has 0 aliphatic heterocycles. The molecule has 2 rings (SSSR count). The van der Waals surface area contributed by atoms with Crippen LogP contribution in [0.15, 0.2) is 47.4 Å². The average Bonchev–Trinajstić information content (AvgIpc) is 2.55. The number of benzene rings is 2. The predicted molar refractivity (Wildman–Crippen MR) is 102 cm³/mol. The summed E-state index contributed by atoms with van der Waals surface area (Å²) in [6, 6.07) is 14.0. The Balaban J connectivity index is 2.03. The van der Waals surface area contributed by atoms with Gasteiger partial charge in [-0.1, -0.05) is 45.0 Å². The Labute approximate surface area is 148 Å². The number of rotatable bonds is 7. The molecule has 128 valence electrons. The van der Waals surface area contributed by atoms with Crippen molar-refractivity contribution in [2.45, 2.75) is 38.5 Å². The Morgan fingerprint density at radius 3 is 2.67 bits per heavy atom. The molecule has 0 aliphatic carbocycles. The molecular formula is C20H25NO2S. The number of para-hydroxylation sites is 1. The third kappa shape index (κ3) is 5.03. The summed E-state index contributed by atoms with van der Waals surface area (Å²) < 4.78 is 5.79. The zero-order chi connectivity index (χ0) is 17.5. The minimum absolute atomic E-state index is 0.00823. The topological polar surface area (TPSA) is 38.3 Å². The van der Waals surface area contributed by atoms with Gasteiger partial charge in [-0.2, -0.15) is 0 Å². The number of carbonyl (C=O) groups is 1. The zero-order valence-corrected chi connectivity index (χ0v) is 15.6. The summed E-state index contributed by atoms with van der Waals surface area (Å²) in [5.74, 6) is 1.96. The molecule has 2 aromatic rings. The summed E-state index contributed by atoms with van der Waals surface area (Å²) in [5, 5.41) is 2.94. The molecule has 1 N–H and O–H groups in total. The molecule has 0 fully saturated rings. The van der Waals surface area contributed by atoms with E-state index < -0.39 is 0 Å². The fourth-order valence-corrected chi connectivity index (χ4v) is 3.18. The molecular weight excluding hydrogens is 318 g/mol. The van der Waals surface area contributed by atoms with Crippen LogP contribution in [0.1, 0.15) is 37.8 Å². The first-order valence-electron chi connectivity index (χ1n) is 8.26. The second kappa shape index (κ2) is 8.78. The van der Waals surface area contributed by atoms with E-state index in [1.54, 1.807) is 11.8 Å². The highest BCUT2D eigenvalue weighted by Crippen LogP contribution is 2.28. The minimum Gasteiger partial charge on any atom is -0.483 e. The number of amides is 1. The van der Waals surface area contributed by atoms with Crippen molar-refractivity contribution in [2.75, 3.05) is 17.7 Å². The quantitative estimate of drug-likeness (QED) is 0.698. The van der Waals surface area contributed by atoms with Crippen molar-refractivity contribution >= 4 is 23.4 Å². The molecule has 1 amide bonds.